The van der Waals surface area contributed by atoms with Gasteiger partial charge < -0.3 is 0 Å². The third-order valence-corrected chi connectivity index (χ3v) is 27.0. The summed E-state index contributed by atoms with van der Waals surface area (Å²) in [6, 6.07) is 0. The molecule has 0 unspecified atom stereocenters. The predicted molar refractivity (Wildman–Crippen MR) is 172 cm³/mol. The van der Waals surface area contributed by atoms with Crippen LogP contribution in [0.15, 0.2) is 12.2 Å². The Morgan fingerprint density at radius 2 is 0.929 bits per heavy atom. The van der Waals surface area contributed by atoms with Crippen LogP contribution in [0.1, 0.15) is 144 Å². The van der Waals surface area contributed by atoms with Crippen molar-refractivity contribution in [3.05, 3.63) is 12.2 Å². The van der Waals surface area contributed by atoms with Gasteiger partial charge in [-0.25, -0.2) is 0 Å². The van der Waals surface area contributed by atoms with E-state index in [1.807, 2.05) is 0 Å². The van der Waals surface area contributed by atoms with Crippen LogP contribution in [0, 0.1) is 0 Å². The van der Waals surface area contributed by atoms with Gasteiger partial charge in [0.2, 0.25) is 0 Å². The van der Waals surface area contributed by atoms with Gasteiger partial charge in [0, 0.05) is 0 Å². The van der Waals surface area contributed by atoms with Crippen LogP contribution >= 0.6 is 0 Å². The maximum atomic E-state index is 11.6. The predicted octanol–water partition coefficient (Wildman–Crippen LogP) is 8.96. The molecule has 1 heterocycles. The zero-order valence-electron chi connectivity index (χ0n) is 27.6. The standard InChI is InChI=1S/2C8H17.C4H4O4.2C4H9.2C2H4O2.2Sn/c2*1-3-5-7-8-6-4-2;5-3(6)1-2-4(7)8;2*1-3-4-2;2*1-2(3)4;;/h2*1,3-8H2,2H3;1-2H,(H,5,6)(H,7,8);2*1,3-4H2,2H3;2*1H3,(H,3,4);;/q;;;;;;;2*+2/p-4. The summed E-state index contributed by atoms with van der Waals surface area (Å²) in [6.45, 7) is 11.5. The molecule has 0 radical (unpaired) electrons. The van der Waals surface area contributed by atoms with Gasteiger partial charge in [-0.15, -0.1) is 0 Å². The first-order chi connectivity index (χ1) is 20.1. The number of hydrogen-bond donors (Lipinski definition) is 0. The van der Waals surface area contributed by atoms with Crippen LogP contribution in [0.25, 0.3) is 0 Å². The second-order valence-electron chi connectivity index (χ2n) is 11.4. The van der Waals surface area contributed by atoms with E-state index < -0.39 is 50.3 Å². The van der Waals surface area contributed by atoms with E-state index >= 15 is 0 Å². The zero-order valence-corrected chi connectivity index (χ0v) is 33.3. The van der Waals surface area contributed by atoms with Gasteiger partial charge in [0.25, 0.3) is 0 Å². The molecule has 0 aromatic carbocycles. The molecular weight excluding hydrogens is 750 g/mol. The van der Waals surface area contributed by atoms with E-state index in [4.69, 9.17) is 12.3 Å². The molecule has 0 spiro atoms. The molecule has 244 valence electrons. The van der Waals surface area contributed by atoms with Crippen LogP contribution in [-0.4, -0.2) is 62.3 Å². The summed E-state index contributed by atoms with van der Waals surface area (Å²) < 4.78 is 25.7. The van der Waals surface area contributed by atoms with Gasteiger partial charge in [-0.05, 0) is 0 Å². The van der Waals surface area contributed by atoms with E-state index in [0.29, 0.717) is 0 Å². The number of carbonyl (C=O) groups is 4. The van der Waals surface area contributed by atoms with Crippen molar-refractivity contribution in [2.75, 3.05) is 0 Å². The van der Waals surface area contributed by atoms with Gasteiger partial charge >= 0.3 is 268 Å². The number of unbranched alkanes of at least 4 members (excludes halogenated alkanes) is 12. The molecule has 0 saturated heterocycles. The van der Waals surface area contributed by atoms with E-state index in [1.165, 1.54) is 77.4 Å². The van der Waals surface area contributed by atoms with Crippen molar-refractivity contribution in [3.63, 3.8) is 0 Å². The van der Waals surface area contributed by atoms with Crippen LogP contribution < -0.4 is 0 Å². The van der Waals surface area contributed by atoms with Crippen LogP contribution in [0.4, 0.5) is 0 Å². The molecule has 8 nitrogen and oxygen atoms in total. The van der Waals surface area contributed by atoms with E-state index in [-0.39, 0.29) is 11.9 Å². The summed E-state index contributed by atoms with van der Waals surface area (Å²) in [5, 5.41) is 0. The normalized spacial score (nSPS) is 14.2. The molecule has 0 atom stereocenters. The summed E-state index contributed by atoms with van der Waals surface area (Å²) in [5.41, 5.74) is 0. The Morgan fingerprint density at radius 3 is 1.26 bits per heavy atom. The van der Waals surface area contributed by atoms with Crippen LogP contribution in [-0.2, 0) is 31.5 Å². The van der Waals surface area contributed by atoms with Gasteiger partial charge in [-0.3, -0.25) is 0 Å². The Balaban J connectivity index is 0.000000858. The van der Waals surface area contributed by atoms with E-state index in [9.17, 15) is 19.2 Å². The van der Waals surface area contributed by atoms with Gasteiger partial charge in [0.1, 0.15) is 0 Å². The first-order valence-corrected chi connectivity index (χ1v) is 29.3. The second kappa shape index (κ2) is 25.5. The molecule has 0 fully saturated rings. The Bertz CT molecular complexity index is 735. The average molecular weight is 810 g/mol. The average Bonchev–Trinajstić information content (AvgIpc) is 3.07. The second-order valence-corrected chi connectivity index (χ2v) is 29.9. The van der Waals surface area contributed by atoms with E-state index in [1.54, 1.807) is 0 Å². The molecule has 0 aliphatic carbocycles. The van der Waals surface area contributed by atoms with Gasteiger partial charge in [0.05, 0.1) is 0 Å². The molecular formula is C32H60O8Sn2. The van der Waals surface area contributed by atoms with Crippen molar-refractivity contribution < 1.29 is 31.5 Å². The Kier molecular flexibility index (Phi) is 25.1. The third kappa shape index (κ3) is 21.0. The Hall–Kier alpha value is -0.783. The van der Waals surface area contributed by atoms with E-state index in [0.717, 1.165) is 69.1 Å². The molecule has 0 N–H and O–H groups in total. The SMILES string of the molecule is CCCCCCC[CH2][Sn]([CH2]CCCCCCC)([O]C(C)=O)[O]C(C)=O.CCC[CH2][Sn]1([CH2]CCC)[O]C(=O)C=CC(=O)[O]1. The minimum absolute atomic E-state index is 0.283. The van der Waals surface area contributed by atoms with Gasteiger partial charge in [0.15, 0.2) is 0 Å². The molecule has 0 aromatic heterocycles. The van der Waals surface area contributed by atoms with Gasteiger partial charge in [-0.1, -0.05) is 0 Å². The molecule has 0 amide bonds. The Labute approximate surface area is 266 Å². The summed E-state index contributed by atoms with van der Waals surface area (Å²) in [4.78, 5) is 46.2. The topological polar surface area (TPSA) is 105 Å². The Morgan fingerprint density at radius 1 is 0.595 bits per heavy atom. The van der Waals surface area contributed by atoms with Gasteiger partial charge in [-0.2, -0.15) is 0 Å². The number of carbonyl (C=O) groups excluding carboxylic acids is 4. The fourth-order valence-corrected chi connectivity index (χ4v) is 24.1. The van der Waals surface area contributed by atoms with Crippen molar-refractivity contribution in [2.24, 2.45) is 0 Å². The molecule has 1 aliphatic rings. The quantitative estimate of drug-likeness (QED) is 0.0789. The monoisotopic (exact) mass is 812 g/mol. The first-order valence-electron chi connectivity index (χ1n) is 16.6. The molecule has 1 aliphatic heterocycles. The van der Waals surface area contributed by atoms with Crippen LogP contribution in [0.5, 0.6) is 0 Å². The van der Waals surface area contributed by atoms with Crippen molar-refractivity contribution in [1.82, 2.24) is 0 Å². The zero-order chi connectivity index (χ0) is 31.7. The van der Waals surface area contributed by atoms with Crippen molar-refractivity contribution in [3.8, 4) is 0 Å². The van der Waals surface area contributed by atoms with Crippen molar-refractivity contribution >= 4 is 62.3 Å². The minimum atomic E-state index is -3.63. The summed E-state index contributed by atoms with van der Waals surface area (Å²) >= 11 is -7.11. The fraction of sp³-hybridized carbons (Fsp3) is 0.812. The summed E-state index contributed by atoms with van der Waals surface area (Å²) in [6.07, 6.45) is 20.6. The van der Waals surface area contributed by atoms with Crippen LogP contribution in [0.3, 0.4) is 0 Å². The molecule has 42 heavy (non-hydrogen) atoms. The molecule has 0 saturated carbocycles. The van der Waals surface area contributed by atoms with E-state index in [2.05, 4.69) is 27.7 Å². The molecule has 10 heteroatoms. The molecule has 1 rings (SSSR count). The first kappa shape index (κ1) is 41.2. The summed E-state index contributed by atoms with van der Waals surface area (Å²) in [7, 11) is 0. The fourth-order valence-electron chi connectivity index (χ4n) is 5.04. The molecule has 0 bridgehead atoms. The maximum absolute atomic E-state index is 11.6. The van der Waals surface area contributed by atoms with Crippen LogP contribution in [0.2, 0.25) is 17.7 Å². The number of hydrogen-bond acceptors (Lipinski definition) is 8. The molecule has 0 aromatic rings. The number of rotatable bonds is 22. The van der Waals surface area contributed by atoms with Crippen molar-refractivity contribution in [2.45, 2.75) is 162 Å². The summed E-state index contributed by atoms with van der Waals surface area (Å²) in [5.74, 6) is -1.37. The third-order valence-electron chi connectivity index (χ3n) is 7.23. The van der Waals surface area contributed by atoms with Crippen molar-refractivity contribution in [1.29, 1.82) is 0 Å².